The molecule has 3 rings (SSSR count). The Labute approximate surface area is 147 Å². The Morgan fingerprint density at radius 1 is 1.09 bits per heavy atom. The van der Waals surface area contributed by atoms with E-state index in [1.807, 2.05) is 11.9 Å². The summed E-state index contributed by atoms with van der Waals surface area (Å²) in [7, 11) is 0. The van der Waals surface area contributed by atoms with Gasteiger partial charge >= 0.3 is 0 Å². The molecule has 2 aliphatic rings. The summed E-state index contributed by atoms with van der Waals surface area (Å²) in [5, 5.41) is 0. The smallest absolute Gasteiger partial charge is 0.0241 e. The maximum absolute atomic E-state index is 3.56. The van der Waals surface area contributed by atoms with E-state index >= 15 is 0 Å². The molecule has 0 amide bonds. The first kappa shape index (κ1) is 16.8. The zero-order valence-electron chi connectivity index (χ0n) is 13.5. The lowest BCUT2D eigenvalue weighted by atomic mass is 9.94. The molecule has 2 heterocycles. The molecule has 1 aromatic carbocycles. The molecule has 0 spiro atoms. The number of halogens is 1. The lowest BCUT2D eigenvalue weighted by Crippen LogP contribution is -2.39. The Hall–Kier alpha value is -0.0300. The Balaban J connectivity index is 1.40. The Bertz CT molecular complexity index is 466. The van der Waals surface area contributed by atoms with Crippen molar-refractivity contribution >= 4 is 27.9 Å². The first-order chi connectivity index (χ1) is 10.7. The molecule has 0 unspecified atom stereocenters. The van der Waals surface area contributed by atoms with Crippen LogP contribution in [0.1, 0.15) is 32.6 Å². The van der Waals surface area contributed by atoms with Crippen LogP contribution in [-0.2, 0) is 0 Å². The third-order valence-corrected chi connectivity index (χ3v) is 6.58. The Morgan fingerprint density at radius 2 is 1.82 bits per heavy atom. The first-order valence-electron chi connectivity index (χ1n) is 8.60. The van der Waals surface area contributed by atoms with Crippen LogP contribution in [0, 0.1) is 11.8 Å². The molecule has 1 aromatic rings. The van der Waals surface area contributed by atoms with Gasteiger partial charge in [0, 0.05) is 29.0 Å². The molecule has 0 atom stereocenters. The SMILES string of the molecule is CC1CCN(CC2CCN(Sc3cccc(Br)c3)CC2)CC1. The summed E-state index contributed by atoms with van der Waals surface area (Å²) >= 11 is 5.48. The van der Waals surface area contributed by atoms with E-state index in [0.29, 0.717) is 0 Å². The molecular formula is C18H27BrN2S. The number of hydrogen-bond acceptors (Lipinski definition) is 3. The molecule has 22 heavy (non-hydrogen) atoms. The number of piperidine rings is 2. The average Bonchev–Trinajstić information content (AvgIpc) is 2.52. The predicted molar refractivity (Wildman–Crippen MR) is 99.1 cm³/mol. The van der Waals surface area contributed by atoms with E-state index in [-0.39, 0.29) is 0 Å². The largest absolute Gasteiger partial charge is 0.303 e. The van der Waals surface area contributed by atoms with Crippen LogP contribution in [0.2, 0.25) is 0 Å². The van der Waals surface area contributed by atoms with Crippen LogP contribution < -0.4 is 0 Å². The minimum absolute atomic E-state index is 0.910. The van der Waals surface area contributed by atoms with Crippen LogP contribution in [0.5, 0.6) is 0 Å². The third-order valence-electron chi connectivity index (χ3n) is 5.00. The summed E-state index contributed by atoms with van der Waals surface area (Å²) in [6.07, 6.45) is 5.51. The van der Waals surface area contributed by atoms with E-state index in [1.54, 1.807) is 0 Å². The van der Waals surface area contributed by atoms with Crippen LogP contribution in [0.15, 0.2) is 33.6 Å². The third kappa shape index (κ3) is 4.98. The lowest BCUT2D eigenvalue weighted by Gasteiger charge is -2.36. The average molecular weight is 383 g/mol. The fourth-order valence-electron chi connectivity index (χ4n) is 3.47. The summed E-state index contributed by atoms with van der Waals surface area (Å²) in [6.45, 7) is 8.84. The second-order valence-electron chi connectivity index (χ2n) is 6.90. The van der Waals surface area contributed by atoms with Crippen molar-refractivity contribution in [3.63, 3.8) is 0 Å². The topological polar surface area (TPSA) is 6.48 Å². The zero-order chi connectivity index (χ0) is 15.4. The number of hydrogen-bond donors (Lipinski definition) is 0. The number of nitrogens with zero attached hydrogens (tertiary/aromatic N) is 2. The highest BCUT2D eigenvalue weighted by atomic mass is 79.9. The Kier molecular flexibility index (Phi) is 6.25. The molecule has 0 aromatic heterocycles. The van der Waals surface area contributed by atoms with Gasteiger partial charge in [0.2, 0.25) is 0 Å². The van der Waals surface area contributed by atoms with Crippen LogP contribution in [-0.4, -0.2) is 41.9 Å². The summed E-state index contributed by atoms with van der Waals surface area (Å²) < 4.78 is 3.71. The van der Waals surface area contributed by atoms with E-state index in [0.717, 1.165) is 11.8 Å². The molecule has 0 N–H and O–H groups in total. The van der Waals surface area contributed by atoms with Crippen molar-refractivity contribution in [1.82, 2.24) is 9.21 Å². The quantitative estimate of drug-likeness (QED) is 0.683. The summed E-state index contributed by atoms with van der Waals surface area (Å²) in [6, 6.07) is 8.63. The number of rotatable bonds is 4. The van der Waals surface area contributed by atoms with E-state index in [2.05, 4.69) is 56.3 Å². The fraction of sp³-hybridized carbons (Fsp3) is 0.667. The van der Waals surface area contributed by atoms with Gasteiger partial charge in [0.1, 0.15) is 0 Å². The molecule has 122 valence electrons. The molecule has 4 heteroatoms. The van der Waals surface area contributed by atoms with Gasteiger partial charge in [-0.25, -0.2) is 4.31 Å². The maximum Gasteiger partial charge on any atom is 0.0241 e. The minimum Gasteiger partial charge on any atom is -0.303 e. The molecular weight excluding hydrogens is 356 g/mol. The normalized spacial score (nSPS) is 23.0. The van der Waals surface area contributed by atoms with Gasteiger partial charge in [-0.15, -0.1) is 0 Å². The molecule has 0 bridgehead atoms. The van der Waals surface area contributed by atoms with Crippen molar-refractivity contribution in [1.29, 1.82) is 0 Å². The number of benzene rings is 1. The van der Waals surface area contributed by atoms with Gasteiger partial charge in [-0.3, -0.25) is 0 Å². The maximum atomic E-state index is 3.56. The highest BCUT2D eigenvalue weighted by molar-refractivity contribution is 9.10. The van der Waals surface area contributed by atoms with E-state index in [4.69, 9.17) is 0 Å². The van der Waals surface area contributed by atoms with E-state index in [9.17, 15) is 0 Å². The molecule has 2 saturated heterocycles. The second-order valence-corrected chi connectivity index (χ2v) is 8.99. The van der Waals surface area contributed by atoms with Gasteiger partial charge in [-0.05, 0) is 80.8 Å². The van der Waals surface area contributed by atoms with Gasteiger partial charge < -0.3 is 4.90 Å². The van der Waals surface area contributed by atoms with Crippen molar-refractivity contribution in [2.24, 2.45) is 11.8 Å². The van der Waals surface area contributed by atoms with Gasteiger partial charge in [0.15, 0.2) is 0 Å². The Morgan fingerprint density at radius 3 is 2.50 bits per heavy atom. The summed E-state index contributed by atoms with van der Waals surface area (Å²) in [5.41, 5.74) is 0. The molecule has 0 radical (unpaired) electrons. The van der Waals surface area contributed by atoms with Crippen molar-refractivity contribution in [2.75, 3.05) is 32.7 Å². The number of likely N-dealkylation sites (tertiary alicyclic amines) is 1. The van der Waals surface area contributed by atoms with Crippen molar-refractivity contribution < 1.29 is 0 Å². The molecule has 0 aliphatic carbocycles. The van der Waals surface area contributed by atoms with Crippen LogP contribution in [0.3, 0.4) is 0 Å². The van der Waals surface area contributed by atoms with Gasteiger partial charge in [-0.1, -0.05) is 28.9 Å². The van der Waals surface area contributed by atoms with Crippen molar-refractivity contribution in [3.05, 3.63) is 28.7 Å². The van der Waals surface area contributed by atoms with Crippen molar-refractivity contribution in [3.8, 4) is 0 Å². The van der Waals surface area contributed by atoms with Crippen LogP contribution in [0.25, 0.3) is 0 Å². The molecule has 2 fully saturated rings. The summed E-state index contributed by atoms with van der Waals surface area (Å²) in [5.74, 6) is 1.85. The van der Waals surface area contributed by atoms with Gasteiger partial charge in [0.25, 0.3) is 0 Å². The minimum atomic E-state index is 0.910. The predicted octanol–water partition coefficient (Wildman–Crippen LogP) is 4.90. The highest BCUT2D eigenvalue weighted by Gasteiger charge is 2.23. The van der Waals surface area contributed by atoms with E-state index in [1.165, 1.54) is 67.8 Å². The fourth-order valence-corrected chi connectivity index (χ4v) is 5.03. The molecule has 2 nitrogen and oxygen atoms in total. The monoisotopic (exact) mass is 382 g/mol. The molecule has 2 aliphatic heterocycles. The summed E-state index contributed by atoms with van der Waals surface area (Å²) in [4.78, 5) is 4.06. The van der Waals surface area contributed by atoms with Gasteiger partial charge in [0.05, 0.1) is 0 Å². The highest BCUT2D eigenvalue weighted by Crippen LogP contribution is 2.30. The first-order valence-corrected chi connectivity index (χ1v) is 10.2. The lowest BCUT2D eigenvalue weighted by molar-refractivity contribution is 0.144. The van der Waals surface area contributed by atoms with Crippen LogP contribution in [0.4, 0.5) is 0 Å². The van der Waals surface area contributed by atoms with Crippen LogP contribution >= 0.6 is 27.9 Å². The van der Waals surface area contributed by atoms with E-state index < -0.39 is 0 Å². The molecule has 0 saturated carbocycles. The standard InChI is InChI=1S/C18H27BrN2S/c1-15-5-9-20(10-6-15)14-16-7-11-21(12-8-16)22-18-4-2-3-17(19)13-18/h2-4,13,15-16H,5-12,14H2,1H3. The van der Waals surface area contributed by atoms with Gasteiger partial charge in [-0.2, -0.15) is 0 Å². The zero-order valence-corrected chi connectivity index (χ0v) is 15.9. The van der Waals surface area contributed by atoms with Crippen molar-refractivity contribution in [2.45, 2.75) is 37.5 Å². The second kappa shape index (κ2) is 8.18.